The molecule has 0 spiro atoms. The maximum absolute atomic E-state index is 11.7. The molecule has 0 saturated heterocycles. The minimum Gasteiger partial charge on any atom is -0.425 e. The average molecular weight is 294 g/mol. The van der Waals surface area contributed by atoms with Gasteiger partial charge >= 0.3 is 11.9 Å². The Labute approximate surface area is 122 Å². The molecule has 1 aromatic heterocycles. The molecule has 1 atom stereocenters. The van der Waals surface area contributed by atoms with Crippen LogP contribution in [0.25, 0.3) is 0 Å². The summed E-state index contributed by atoms with van der Waals surface area (Å²) >= 11 is 0. The van der Waals surface area contributed by atoms with Crippen molar-refractivity contribution >= 4 is 17.8 Å². The number of pyridine rings is 1. The molecule has 1 N–H and O–H groups in total. The highest BCUT2D eigenvalue weighted by molar-refractivity contribution is 5.95. The molecule has 0 aromatic carbocycles. The highest BCUT2D eigenvalue weighted by Gasteiger charge is 2.17. The largest absolute Gasteiger partial charge is 0.425 e. The Hall–Kier alpha value is -2.44. The lowest BCUT2D eigenvalue weighted by atomic mass is 10.2. The van der Waals surface area contributed by atoms with Crippen LogP contribution < -0.4 is 5.32 Å². The van der Waals surface area contributed by atoms with Gasteiger partial charge in [-0.15, -0.1) is 0 Å². The first-order valence-electron chi connectivity index (χ1n) is 6.48. The number of amides is 1. The first-order chi connectivity index (χ1) is 9.90. The number of nitrogens with zero attached hydrogens (tertiary/aromatic N) is 1. The summed E-state index contributed by atoms with van der Waals surface area (Å²) in [6.07, 6.45) is 1.92. The van der Waals surface area contributed by atoms with E-state index in [1.54, 1.807) is 26.0 Å². The van der Waals surface area contributed by atoms with Crippen LogP contribution in [0.2, 0.25) is 0 Å². The van der Waals surface area contributed by atoms with Crippen molar-refractivity contribution in [2.45, 2.75) is 27.1 Å². The molecule has 1 amide bonds. The monoisotopic (exact) mass is 294 g/mol. The lowest BCUT2D eigenvalue weighted by molar-refractivity contribution is -0.186. The summed E-state index contributed by atoms with van der Waals surface area (Å²) in [7, 11) is 0. The molecule has 1 aromatic rings. The lowest BCUT2D eigenvalue weighted by Gasteiger charge is -2.15. The Morgan fingerprint density at radius 1 is 1.24 bits per heavy atom. The second-order valence-electron chi connectivity index (χ2n) is 4.57. The number of ether oxygens (including phenoxy) is 2. The molecule has 7 nitrogen and oxygen atoms in total. The van der Waals surface area contributed by atoms with Gasteiger partial charge in [0.25, 0.3) is 5.91 Å². The molecule has 0 fully saturated rings. The number of hydrogen-bond donors (Lipinski definition) is 1. The Kier molecular flexibility index (Phi) is 6.32. The minimum absolute atomic E-state index is 0.309. The van der Waals surface area contributed by atoms with E-state index in [9.17, 15) is 14.4 Å². The fourth-order valence-corrected chi connectivity index (χ4v) is 1.30. The number of rotatable bonds is 6. The van der Waals surface area contributed by atoms with Crippen LogP contribution in [0.15, 0.2) is 24.5 Å². The summed E-state index contributed by atoms with van der Waals surface area (Å²) in [5, 5.41) is 2.39. The first-order valence-corrected chi connectivity index (χ1v) is 6.48. The van der Waals surface area contributed by atoms with Gasteiger partial charge in [-0.25, -0.2) is 0 Å². The molecule has 1 unspecified atom stereocenters. The molecule has 0 radical (unpaired) electrons. The molecule has 1 heterocycles. The molecule has 0 aliphatic heterocycles. The molecule has 0 saturated carbocycles. The second kappa shape index (κ2) is 7.98. The van der Waals surface area contributed by atoms with Gasteiger partial charge in [0.1, 0.15) is 6.54 Å². The third-order valence-electron chi connectivity index (χ3n) is 2.37. The van der Waals surface area contributed by atoms with Crippen LogP contribution in [0, 0.1) is 5.92 Å². The standard InChI is InChI=1S/C14H18N2O5/c1-9(2)14(19)21-10(3)20-12(17)8-16-13(18)11-5-4-6-15-7-11/h4-7,9-10H,8H2,1-3H3,(H,16,18). The van der Waals surface area contributed by atoms with Crippen molar-refractivity contribution in [2.75, 3.05) is 6.54 Å². The summed E-state index contributed by atoms with van der Waals surface area (Å²) in [6, 6.07) is 3.18. The summed E-state index contributed by atoms with van der Waals surface area (Å²) in [6.45, 7) is 4.45. The fraction of sp³-hybridized carbons (Fsp3) is 0.429. The Balaban J connectivity index is 2.34. The fourth-order valence-electron chi connectivity index (χ4n) is 1.30. The zero-order valence-corrected chi connectivity index (χ0v) is 12.2. The van der Waals surface area contributed by atoms with Gasteiger partial charge in [0.05, 0.1) is 11.5 Å². The lowest BCUT2D eigenvalue weighted by Crippen LogP contribution is -2.33. The molecule has 21 heavy (non-hydrogen) atoms. The van der Waals surface area contributed by atoms with Crippen molar-refractivity contribution in [1.29, 1.82) is 0 Å². The van der Waals surface area contributed by atoms with Crippen LogP contribution in [0.3, 0.4) is 0 Å². The highest BCUT2D eigenvalue weighted by atomic mass is 16.7. The van der Waals surface area contributed by atoms with Gasteiger partial charge in [0, 0.05) is 19.3 Å². The summed E-state index contributed by atoms with van der Waals surface area (Å²) in [5.41, 5.74) is 0.338. The first kappa shape index (κ1) is 16.6. The summed E-state index contributed by atoms with van der Waals surface area (Å²) < 4.78 is 9.71. The molecule has 0 bridgehead atoms. The minimum atomic E-state index is -0.998. The third kappa shape index (κ3) is 6.03. The topological polar surface area (TPSA) is 94.6 Å². The molecule has 1 rings (SSSR count). The van der Waals surface area contributed by atoms with Crippen LogP contribution in [0.4, 0.5) is 0 Å². The Morgan fingerprint density at radius 3 is 2.52 bits per heavy atom. The van der Waals surface area contributed by atoms with E-state index in [0.29, 0.717) is 5.56 Å². The SMILES string of the molecule is CC(OC(=O)CNC(=O)c1cccnc1)OC(=O)C(C)C. The smallest absolute Gasteiger partial charge is 0.328 e. The van der Waals surface area contributed by atoms with E-state index in [4.69, 9.17) is 9.47 Å². The van der Waals surface area contributed by atoms with Crippen molar-refractivity contribution in [3.63, 3.8) is 0 Å². The van der Waals surface area contributed by atoms with Gasteiger partial charge in [-0.2, -0.15) is 0 Å². The Morgan fingerprint density at radius 2 is 1.95 bits per heavy atom. The predicted molar refractivity (Wildman–Crippen MR) is 73.1 cm³/mol. The Bertz CT molecular complexity index is 501. The van der Waals surface area contributed by atoms with E-state index in [0.717, 1.165) is 0 Å². The van der Waals surface area contributed by atoms with Crippen LogP contribution in [0.1, 0.15) is 31.1 Å². The van der Waals surface area contributed by atoms with Gasteiger partial charge in [-0.3, -0.25) is 19.4 Å². The number of carbonyl (C=O) groups excluding carboxylic acids is 3. The third-order valence-corrected chi connectivity index (χ3v) is 2.37. The molecular weight excluding hydrogens is 276 g/mol. The van der Waals surface area contributed by atoms with Crippen LogP contribution >= 0.6 is 0 Å². The van der Waals surface area contributed by atoms with E-state index in [-0.39, 0.29) is 12.5 Å². The molecule has 7 heteroatoms. The number of carbonyl (C=O) groups is 3. The van der Waals surface area contributed by atoms with E-state index >= 15 is 0 Å². The van der Waals surface area contributed by atoms with Crippen LogP contribution in [-0.2, 0) is 19.1 Å². The van der Waals surface area contributed by atoms with Crippen molar-refractivity contribution in [1.82, 2.24) is 10.3 Å². The van der Waals surface area contributed by atoms with E-state index in [1.807, 2.05) is 0 Å². The normalized spacial score (nSPS) is 11.6. The van der Waals surface area contributed by atoms with Crippen LogP contribution in [0.5, 0.6) is 0 Å². The number of nitrogens with one attached hydrogen (secondary N) is 1. The predicted octanol–water partition coefficient (Wildman–Crippen LogP) is 0.900. The van der Waals surface area contributed by atoms with Gasteiger partial charge in [-0.1, -0.05) is 13.8 Å². The van der Waals surface area contributed by atoms with Crippen molar-refractivity contribution in [3.8, 4) is 0 Å². The van der Waals surface area contributed by atoms with Gasteiger partial charge in [-0.05, 0) is 12.1 Å². The molecule has 0 aliphatic carbocycles. The number of esters is 2. The average Bonchev–Trinajstić information content (AvgIpc) is 2.45. The number of aromatic nitrogens is 1. The molecule has 114 valence electrons. The van der Waals surface area contributed by atoms with Crippen molar-refractivity contribution in [3.05, 3.63) is 30.1 Å². The maximum atomic E-state index is 11.7. The van der Waals surface area contributed by atoms with E-state index in [1.165, 1.54) is 19.3 Å². The zero-order valence-electron chi connectivity index (χ0n) is 12.2. The van der Waals surface area contributed by atoms with Crippen molar-refractivity contribution < 1.29 is 23.9 Å². The molecular formula is C14H18N2O5. The van der Waals surface area contributed by atoms with E-state index < -0.39 is 24.1 Å². The maximum Gasteiger partial charge on any atom is 0.328 e. The van der Waals surface area contributed by atoms with Gasteiger partial charge in [0.2, 0.25) is 6.29 Å². The zero-order chi connectivity index (χ0) is 15.8. The van der Waals surface area contributed by atoms with E-state index in [2.05, 4.69) is 10.3 Å². The van der Waals surface area contributed by atoms with Crippen LogP contribution in [-0.4, -0.2) is 35.7 Å². The second-order valence-corrected chi connectivity index (χ2v) is 4.57. The summed E-state index contributed by atoms with van der Waals surface area (Å²) in [4.78, 5) is 38.2. The quantitative estimate of drug-likeness (QED) is 0.618. The van der Waals surface area contributed by atoms with Crippen molar-refractivity contribution in [2.24, 2.45) is 5.92 Å². The molecule has 0 aliphatic rings. The number of hydrogen-bond acceptors (Lipinski definition) is 6. The van der Waals surface area contributed by atoms with Gasteiger partial charge in [0.15, 0.2) is 0 Å². The summed E-state index contributed by atoms with van der Waals surface area (Å²) in [5.74, 6) is -1.91. The highest BCUT2D eigenvalue weighted by Crippen LogP contribution is 2.02. The van der Waals surface area contributed by atoms with Gasteiger partial charge < -0.3 is 14.8 Å².